The van der Waals surface area contributed by atoms with Gasteiger partial charge in [0.1, 0.15) is 0 Å². The molecule has 0 aromatic heterocycles. The van der Waals surface area contributed by atoms with E-state index in [0.29, 0.717) is 6.04 Å². The van der Waals surface area contributed by atoms with Gasteiger partial charge >= 0.3 is 0 Å². The average Bonchev–Trinajstić information content (AvgIpc) is 2.29. The van der Waals surface area contributed by atoms with Crippen LogP contribution < -0.4 is 0 Å². The molecule has 1 aliphatic carbocycles. The van der Waals surface area contributed by atoms with Gasteiger partial charge in [-0.3, -0.25) is 0 Å². The van der Waals surface area contributed by atoms with E-state index in [4.69, 9.17) is 0 Å². The number of allylic oxidation sites excluding steroid dienone is 3. The first-order valence-corrected chi connectivity index (χ1v) is 6.49. The summed E-state index contributed by atoms with van der Waals surface area (Å²) < 4.78 is 0. The fourth-order valence-corrected chi connectivity index (χ4v) is 2.35. The first-order chi connectivity index (χ1) is 7.70. The van der Waals surface area contributed by atoms with Gasteiger partial charge in [-0.2, -0.15) is 0 Å². The maximum atomic E-state index is 4.13. The van der Waals surface area contributed by atoms with Crippen molar-refractivity contribution >= 4 is 0 Å². The summed E-state index contributed by atoms with van der Waals surface area (Å²) in [7, 11) is 0. The molecular formula is C15H25N. The van der Waals surface area contributed by atoms with E-state index in [1.54, 1.807) is 0 Å². The third kappa shape index (κ3) is 3.26. The van der Waals surface area contributed by atoms with Crippen LogP contribution in [-0.2, 0) is 0 Å². The molecule has 0 aliphatic heterocycles. The summed E-state index contributed by atoms with van der Waals surface area (Å²) in [6, 6.07) is 0.494. The Balaban J connectivity index is 2.83. The molecule has 90 valence electrons. The van der Waals surface area contributed by atoms with E-state index < -0.39 is 0 Å². The highest BCUT2D eigenvalue weighted by Gasteiger charge is 2.18. The number of nitrogens with zero attached hydrogens (tertiary/aromatic N) is 1. The van der Waals surface area contributed by atoms with Crippen LogP contribution in [-0.4, -0.2) is 17.5 Å². The third-order valence-electron chi connectivity index (χ3n) is 3.10. The molecule has 0 N–H and O–H groups in total. The van der Waals surface area contributed by atoms with Gasteiger partial charge in [-0.25, -0.2) is 0 Å². The Hall–Kier alpha value is -0.980. The van der Waals surface area contributed by atoms with E-state index in [2.05, 4.69) is 50.5 Å². The van der Waals surface area contributed by atoms with Crippen LogP contribution in [0.1, 0.15) is 46.5 Å². The summed E-state index contributed by atoms with van der Waals surface area (Å²) in [6.45, 7) is 11.9. The zero-order valence-corrected chi connectivity index (χ0v) is 11.0. The Labute approximate surface area is 101 Å². The summed E-state index contributed by atoms with van der Waals surface area (Å²) in [5.41, 5.74) is 2.67. The van der Waals surface area contributed by atoms with Gasteiger partial charge in [0, 0.05) is 18.3 Å². The molecule has 1 rings (SSSR count). The van der Waals surface area contributed by atoms with E-state index in [-0.39, 0.29) is 0 Å². The molecule has 1 heteroatoms. The minimum Gasteiger partial charge on any atom is -0.365 e. The highest BCUT2D eigenvalue weighted by molar-refractivity contribution is 5.24. The molecule has 1 atom stereocenters. The Morgan fingerprint density at radius 1 is 1.44 bits per heavy atom. The largest absolute Gasteiger partial charge is 0.365 e. The molecule has 0 amide bonds. The quantitative estimate of drug-likeness (QED) is 0.602. The first kappa shape index (κ1) is 13.1. The van der Waals surface area contributed by atoms with Gasteiger partial charge in [0.25, 0.3) is 0 Å². The van der Waals surface area contributed by atoms with Crippen molar-refractivity contribution in [3.63, 3.8) is 0 Å². The molecule has 0 spiro atoms. The second kappa shape index (κ2) is 6.57. The van der Waals surface area contributed by atoms with E-state index in [1.165, 1.54) is 30.5 Å². The highest BCUT2D eigenvalue weighted by Crippen LogP contribution is 2.22. The first-order valence-electron chi connectivity index (χ1n) is 6.49. The van der Waals surface area contributed by atoms with Crippen molar-refractivity contribution in [3.05, 3.63) is 36.1 Å². The molecule has 0 aromatic rings. The lowest BCUT2D eigenvalue weighted by molar-refractivity contribution is 0.282. The molecule has 0 radical (unpaired) electrons. The SMILES string of the molecule is C=C(C)C(CC)N(CCC)C1=CCCC=C1. The van der Waals surface area contributed by atoms with Crippen LogP contribution in [0.15, 0.2) is 36.1 Å². The van der Waals surface area contributed by atoms with Crippen molar-refractivity contribution in [2.75, 3.05) is 6.54 Å². The van der Waals surface area contributed by atoms with Crippen molar-refractivity contribution in [2.45, 2.75) is 52.5 Å². The summed E-state index contributed by atoms with van der Waals surface area (Å²) >= 11 is 0. The Kier molecular flexibility index (Phi) is 5.37. The fourth-order valence-electron chi connectivity index (χ4n) is 2.35. The molecule has 0 saturated heterocycles. The molecule has 0 heterocycles. The molecule has 1 unspecified atom stereocenters. The van der Waals surface area contributed by atoms with Crippen molar-refractivity contribution < 1.29 is 0 Å². The second-order valence-electron chi connectivity index (χ2n) is 4.57. The van der Waals surface area contributed by atoms with Crippen LogP contribution in [0, 0.1) is 0 Å². The number of rotatable bonds is 6. The van der Waals surface area contributed by atoms with Crippen molar-refractivity contribution in [1.29, 1.82) is 0 Å². The van der Waals surface area contributed by atoms with Crippen molar-refractivity contribution in [2.24, 2.45) is 0 Å². The second-order valence-corrected chi connectivity index (χ2v) is 4.57. The summed E-state index contributed by atoms with van der Waals surface area (Å²) in [5.74, 6) is 0. The maximum Gasteiger partial charge on any atom is 0.0494 e. The molecule has 16 heavy (non-hydrogen) atoms. The predicted molar refractivity (Wildman–Crippen MR) is 72.3 cm³/mol. The van der Waals surface area contributed by atoms with Gasteiger partial charge in [0.05, 0.1) is 0 Å². The molecule has 1 nitrogen and oxygen atoms in total. The molecule has 0 fully saturated rings. The summed E-state index contributed by atoms with van der Waals surface area (Å²) in [5, 5.41) is 0. The fraction of sp³-hybridized carbons (Fsp3) is 0.600. The van der Waals surface area contributed by atoms with Gasteiger partial charge in [-0.15, -0.1) is 0 Å². The van der Waals surface area contributed by atoms with Gasteiger partial charge in [-0.05, 0) is 38.7 Å². The van der Waals surface area contributed by atoms with Crippen LogP contribution in [0.25, 0.3) is 0 Å². The third-order valence-corrected chi connectivity index (χ3v) is 3.10. The van der Waals surface area contributed by atoms with Gasteiger partial charge in [-0.1, -0.05) is 38.2 Å². The molecular weight excluding hydrogens is 194 g/mol. The minimum absolute atomic E-state index is 0.494. The van der Waals surface area contributed by atoms with Gasteiger partial charge in [0.15, 0.2) is 0 Å². The predicted octanol–water partition coefficient (Wildman–Crippen LogP) is 4.29. The van der Waals surface area contributed by atoms with Gasteiger partial charge in [0.2, 0.25) is 0 Å². The average molecular weight is 219 g/mol. The van der Waals surface area contributed by atoms with Crippen molar-refractivity contribution in [1.82, 2.24) is 4.90 Å². The van der Waals surface area contributed by atoms with Gasteiger partial charge < -0.3 is 4.90 Å². The lowest BCUT2D eigenvalue weighted by atomic mass is 10.0. The van der Waals surface area contributed by atoms with E-state index in [0.717, 1.165) is 13.0 Å². The lowest BCUT2D eigenvalue weighted by Gasteiger charge is -2.35. The molecule has 1 aliphatic rings. The normalized spacial score (nSPS) is 16.8. The minimum atomic E-state index is 0.494. The lowest BCUT2D eigenvalue weighted by Crippen LogP contribution is -2.35. The van der Waals surface area contributed by atoms with E-state index in [9.17, 15) is 0 Å². The van der Waals surface area contributed by atoms with Crippen LogP contribution in [0.5, 0.6) is 0 Å². The maximum absolute atomic E-state index is 4.13. The smallest absolute Gasteiger partial charge is 0.0494 e. The topological polar surface area (TPSA) is 3.24 Å². The summed E-state index contributed by atoms with van der Waals surface area (Å²) in [4.78, 5) is 2.51. The molecule has 0 aromatic carbocycles. The van der Waals surface area contributed by atoms with Crippen LogP contribution in [0.3, 0.4) is 0 Å². The van der Waals surface area contributed by atoms with Crippen LogP contribution in [0.2, 0.25) is 0 Å². The Morgan fingerprint density at radius 2 is 2.19 bits per heavy atom. The highest BCUT2D eigenvalue weighted by atomic mass is 15.2. The zero-order valence-electron chi connectivity index (χ0n) is 11.0. The van der Waals surface area contributed by atoms with E-state index in [1.807, 2.05) is 0 Å². The van der Waals surface area contributed by atoms with Crippen LogP contribution in [0.4, 0.5) is 0 Å². The van der Waals surface area contributed by atoms with Crippen LogP contribution >= 0.6 is 0 Å². The summed E-state index contributed by atoms with van der Waals surface area (Å²) in [6.07, 6.45) is 11.6. The zero-order chi connectivity index (χ0) is 12.0. The molecule has 0 saturated carbocycles. The van der Waals surface area contributed by atoms with Crippen molar-refractivity contribution in [3.8, 4) is 0 Å². The Morgan fingerprint density at radius 3 is 2.62 bits per heavy atom. The monoisotopic (exact) mass is 219 g/mol. The van der Waals surface area contributed by atoms with E-state index >= 15 is 0 Å². The number of hydrogen-bond acceptors (Lipinski definition) is 1. The number of hydrogen-bond donors (Lipinski definition) is 0. The Bertz CT molecular complexity index is 286. The standard InChI is InChI=1S/C15H25N/c1-5-12-16(15(6-2)13(3)4)14-10-8-7-9-11-14/h8,10-11,15H,3,5-7,9,12H2,1-2,4H3. The molecule has 0 bridgehead atoms.